The average Bonchev–Trinajstić information content (AvgIpc) is 2.51. The van der Waals surface area contributed by atoms with Crippen LogP contribution in [0.2, 0.25) is 0 Å². The van der Waals surface area contributed by atoms with Gasteiger partial charge in [-0.25, -0.2) is 0 Å². The van der Waals surface area contributed by atoms with E-state index in [2.05, 4.69) is 0 Å². The van der Waals surface area contributed by atoms with Crippen LogP contribution in [0.3, 0.4) is 0 Å². The summed E-state index contributed by atoms with van der Waals surface area (Å²) in [5.74, 6) is -0.185. The number of carbonyl (C=O) groups excluding carboxylic acids is 1. The van der Waals surface area contributed by atoms with Gasteiger partial charge in [-0.05, 0) is 24.1 Å². The molecule has 1 atom stereocenters. The Bertz CT molecular complexity index is 333. The number of esters is 1. The van der Waals surface area contributed by atoms with Crippen LogP contribution in [-0.2, 0) is 9.53 Å². The Morgan fingerprint density at radius 1 is 1.46 bits per heavy atom. The van der Waals surface area contributed by atoms with Crippen molar-refractivity contribution in [2.24, 2.45) is 0 Å². The van der Waals surface area contributed by atoms with Crippen molar-refractivity contribution in [3.05, 3.63) is 29.8 Å². The molecule has 0 bridgehead atoms. The van der Waals surface area contributed by atoms with Gasteiger partial charge in [-0.3, -0.25) is 4.79 Å². The zero-order valence-corrected chi connectivity index (χ0v) is 7.06. The number of hydrogen-bond donors (Lipinski definition) is 1. The van der Waals surface area contributed by atoms with Crippen LogP contribution in [0.4, 0.5) is 0 Å². The molecule has 1 aromatic rings. The fourth-order valence-corrected chi connectivity index (χ4v) is 1.54. The summed E-state index contributed by atoms with van der Waals surface area (Å²) in [4.78, 5) is 11.2. The van der Waals surface area contributed by atoms with Crippen LogP contribution in [0.1, 0.15) is 17.9 Å². The molecule has 1 N–H and O–H groups in total. The van der Waals surface area contributed by atoms with Crippen molar-refractivity contribution in [1.29, 1.82) is 0 Å². The van der Waals surface area contributed by atoms with Gasteiger partial charge in [0.1, 0.15) is 5.75 Å². The highest BCUT2D eigenvalue weighted by atomic mass is 16.5. The lowest BCUT2D eigenvalue weighted by molar-refractivity contribution is -0.139. The van der Waals surface area contributed by atoms with Gasteiger partial charge in [-0.2, -0.15) is 0 Å². The number of rotatable bonds is 1. The van der Waals surface area contributed by atoms with Crippen LogP contribution in [0.25, 0.3) is 0 Å². The highest BCUT2D eigenvalue weighted by Gasteiger charge is 2.27. The van der Waals surface area contributed by atoms with Crippen LogP contribution < -0.4 is 0 Å². The second kappa shape index (κ2) is 3.09. The predicted octanol–water partition coefficient (Wildman–Crippen LogP) is 1.42. The van der Waals surface area contributed by atoms with Gasteiger partial charge in [0.05, 0.1) is 12.5 Å². The van der Waals surface area contributed by atoms with Crippen LogP contribution in [0.5, 0.6) is 5.75 Å². The lowest BCUT2D eigenvalue weighted by Crippen LogP contribution is -2.04. The molecule has 1 unspecified atom stereocenters. The summed E-state index contributed by atoms with van der Waals surface area (Å²) >= 11 is 0. The molecule has 3 heteroatoms. The number of ether oxygens (including phenoxy) is 1. The van der Waals surface area contributed by atoms with Crippen LogP contribution >= 0.6 is 0 Å². The van der Waals surface area contributed by atoms with Gasteiger partial charge in [0.25, 0.3) is 0 Å². The van der Waals surface area contributed by atoms with E-state index in [-0.39, 0.29) is 17.6 Å². The van der Waals surface area contributed by atoms with Gasteiger partial charge < -0.3 is 9.84 Å². The zero-order valence-electron chi connectivity index (χ0n) is 7.06. The summed E-state index contributed by atoms with van der Waals surface area (Å²) in [7, 11) is 0. The molecule has 1 heterocycles. The Morgan fingerprint density at radius 2 is 2.31 bits per heavy atom. The molecule has 1 aliphatic heterocycles. The summed E-state index contributed by atoms with van der Waals surface area (Å²) in [6.45, 7) is 0.485. The largest absolute Gasteiger partial charge is 0.508 e. The van der Waals surface area contributed by atoms with Crippen molar-refractivity contribution >= 4 is 5.97 Å². The Hall–Kier alpha value is -1.51. The molecular weight excluding hydrogens is 168 g/mol. The van der Waals surface area contributed by atoms with Gasteiger partial charge >= 0.3 is 5.97 Å². The van der Waals surface area contributed by atoms with Crippen LogP contribution in [0, 0.1) is 0 Å². The van der Waals surface area contributed by atoms with E-state index in [1.807, 2.05) is 6.07 Å². The summed E-state index contributed by atoms with van der Waals surface area (Å²) in [5, 5.41) is 9.21. The quantitative estimate of drug-likeness (QED) is 0.661. The molecule has 0 saturated carbocycles. The Labute approximate surface area is 76.0 Å². The molecular formula is C10H10O3. The standard InChI is InChI=1S/C10H10O3/c11-8-3-1-2-7(6-8)9-4-5-13-10(9)12/h1-3,6,9,11H,4-5H2. The second-order valence-electron chi connectivity index (χ2n) is 3.10. The third-order valence-electron chi connectivity index (χ3n) is 2.21. The van der Waals surface area contributed by atoms with Crippen molar-refractivity contribution in [2.45, 2.75) is 12.3 Å². The molecule has 0 radical (unpaired) electrons. The lowest BCUT2D eigenvalue weighted by Gasteiger charge is -2.05. The Kier molecular flexibility index (Phi) is 1.93. The number of hydrogen-bond acceptors (Lipinski definition) is 3. The number of phenols is 1. The first-order valence-electron chi connectivity index (χ1n) is 4.23. The van der Waals surface area contributed by atoms with Crippen LogP contribution in [-0.4, -0.2) is 17.7 Å². The smallest absolute Gasteiger partial charge is 0.313 e. The van der Waals surface area contributed by atoms with Crippen molar-refractivity contribution in [2.75, 3.05) is 6.61 Å². The van der Waals surface area contributed by atoms with Crippen LogP contribution in [0.15, 0.2) is 24.3 Å². The summed E-state index contributed by atoms with van der Waals surface area (Å²) in [6, 6.07) is 6.76. The SMILES string of the molecule is O=C1OCCC1c1cccc(O)c1. The van der Waals surface area contributed by atoms with Gasteiger partial charge in [-0.1, -0.05) is 12.1 Å². The number of phenolic OH excluding ortho intramolecular Hbond substituents is 1. The number of cyclic esters (lactones) is 1. The molecule has 68 valence electrons. The fourth-order valence-electron chi connectivity index (χ4n) is 1.54. The zero-order chi connectivity index (χ0) is 9.26. The Balaban J connectivity index is 2.29. The average molecular weight is 178 g/mol. The first-order valence-corrected chi connectivity index (χ1v) is 4.23. The molecule has 0 aliphatic carbocycles. The third kappa shape index (κ3) is 1.49. The van der Waals surface area contributed by atoms with E-state index in [0.717, 1.165) is 5.56 Å². The molecule has 13 heavy (non-hydrogen) atoms. The topological polar surface area (TPSA) is 46.5 Å². The molecule has 1 fully saturated rings. The predicted molar refractivity (Wildman–Crippen MR) is 46.4 cm³/mol. The van der Waals surface area contributed by atoms with E-state index in [4.69, 9.17) is 4.74 Å². The summed E-state index contributed by atoms with van der Waals surface area (Å²) < 4.78 is 4.84. The van der Waals surface area contributed by atoms with Gasteiger partial charge in [0, 0.05) is 0 Å². The highest BCUT2D eigenvalue weighted by molar-refractivity contribution is 5.79. The van der Waals surface area contributed by atoms with E-state index in [1.165, 1.54) is 0 Å². The van der Waals surface area contributed by atoms with E-state index < -0.39 is 0 Å². The molecule has 1 aliphatic rings. The van der Waals surface area contributed by atoms with Crippen molar-refractivity contribution in [3.63, 3.8) is 0 Å². The van der Waals surface area contributed by atoms with Gasteiger partial charge in [0.15, 0.2) is 0 Å². The number of benzene rings is 1. The van der Waals surface area contributed by atoms with Gasteiger partial charge in [-0.15, -0.1) is 0 Å². The maximum Gasteiger partial charge on any atom is 0.313 e. The molecule has 3 nitrogen and oxygen atoms in total. The minimum Gasteiger partial charge on any atom is -0.508 e. The minimum atomic E-state index is -0.189. The third-order valence-corrected chi connectivity index (χ3v) is 2.21. The van der Waals surface area contributed by atoms with Crippen molar-refractivity contribution in [3.8, 4) is 5.75 Å². The van der Waals surface area contributed by atoms with E-state index >= 15 is 0 Å². The first kappa shape index (κ1) is 8.10. The maximum atomic E-state index is 11.2. The van der Waals surface area contributed by atoms with E-state index in [1.54, 1.807) is 18.2 Å². The molecule has 2 rings (SSSR count). The molecule has 0 spiro atoms. The minimum absolute atomic E-state index is 0.188. The van der Waals surface area contributed by atoms with Crippen molar-refractivity contribution < 1.29 is 14.6 Å². The summed E-state index contributed by atoms with van der Waals surface area (Å²) in [5.41, 5.74) is 0.836. The second-order valence-corrected chi connectivity index (χ2v) is 3.10. The molecule has 0 aromatic heterocycles. The van der Waals surface area contributed by atoms with Crippen molar-refractivity contribution in [1.82, 2.24) is 0 Å². The molecule has 0 amide bonds. The van der Waals surface area contributed by atoms with Gasteiger partial charge in [0.2, 0.25) is 0 Å². The van der Waals surface area contributed by atoms with E-state index in [0.29, 0.717) is 13.0 Å². The number of aromatic hydroxyl groups is 1. The fraction of sp³-hybridized carbons (Fsp3) is 0.300. The lowest BCUT2D eigenvalue weighted by atomic mass is 9.98. The summed E-state index contributed by atoms with van der Waals surface area (Å²) in [6.07, 6.45) is 0.711. The first-order chi connectivity index (χ1) is 6.27. The maximum absolute atomic E-state index is 11.2. The van der Waals surface area contributed by atoms with E-state index in [9.17, 15) is 9.90 Å². The normalized spacial score (nSPS) is 21.5. The molecule has 1 aromatic carbocycles. The Morgan fingerprint density at radius 3 is 2.92 bits per heavy atom. The monoisotopic (exact) mass is 178 g/mol. The number of carbonyl (C=O) groups is 1. The molecule has 1 saturated heterocycles. The highest BCUT2D eigenvalue weighted by Crippen LogP contribution is 2.28.